The number of hydrogen-bond acceptors (Lipinski definition) is 6. The summed E-state index contributed by atoms with van der Waals surface area (Å²) < 4.78 is 5.17. The number of phenols is 1. The van der Waals surface area contributed by atoms with Crippen LogP contribution >= 0.6 is 11.8 Å². The van der Waals surface area contributed by atoms with Crippen molar-refractivity contribution in [1.29, 1.82) is 0 Å². The average Bonchev–Trinajstić information content (AvgIpc) is 2.94. The number of phenolic OH excluding ortho intramolecular Hbond substituents is 1. The molecule has 1 aliphatic heterocycles. The Hall–Kier alpha value is -3.26. The highest BCUT2D eigenvalue weighted by atomic mass is 32.2. The SMILES string of the molecule is CCN1C(=O)/C(=C/c2cccc(OCC(=O)O)c2)SC1=Nc1cccc(O)c1. The second-order valence-electron chi connectivity index (χ2n) is 5.83. The van der Waals surface area contributed by atoms with Crippen molar-refractivity contribution in [1.82, 2.24) is 4.90 Å². The Bertz CT molecular complexity index is 971. The summed E-state index contributed by atoms with van der Waals surface area (Å²) in [5.74, 6) is -0.707. The minimum atomic E-state index is -1.06. The summed E-state index contributed by atoms with van der Waals surface area (Å²) in [5.41, 5.74) is 1.27. The Morgan fingerprint density at radius 1 is 1.25 bits per heavy atom. The van der Waals surface area contributed by atoms with Gasteiger partial charge in [0.25, 0.3) is 5.91 Å². The molecule has 0 saturated carbocycles. The molecule has 0 atom stereocenters. The molecule has 8 heteroatoms. The van der Waals surface area contributed by atoms with E-state index in [4.69, 9.17) is 9.84 Å². The highest BCUT2D eigenvalue weighted by Crippen LogP contribution is 2.34. The molecule has 28 heavy (non-hydrogen) atoms. The van der Waals surface area contributed by atoms with Crippen LogP contribution in [0.2, 0.25) is 0 Å². The van der Waals surface area contributed by atoms with E-state index in [1.165, 1.54) is 17.8 Å². The van der Waals surface area contributed by atoms with Gasteiger partial charge in [0.15, 0.2) is 11.8 Å². The number of likely N-dealkylation sites (N-methyl/N-ethyl adjacent to an activating group) is 1. The van der Waals surface area contributed by atoms with Crippen LogP contribution in [0.25, 0.3) is 6.08 Å². The van der Waals surface area contributed by atoms with Crippen LogP contribution in [-0.4, -0.2) is 45.3 Å². The van der Waals surface area contributed by atoms with Crippen molar-refractivity contribution in [3.8, 4) is 11.5 Å². The fourth-order valence-electron chi connectivity index (χ4n) is 2.53. The van der Waals surface area contributed by atoms with Crippen LogP contribution in [0.1, 0.15) is 12.5 Å². The molecule has 0 aliphatic carbocycles. The van der Waals surface area contributed by atoms with Gasteiger partial charge in [-0.25, -0.2) is 9.79 Å². The first-order valence-corrected chi connectivity index (χ1v) is 9.31. The number of hydrogen-bond donors (Lipinski definition) is 2. The summed E-state index contributed by atoms with van der Waals surface area (Å²) >= 11 is 1.24. The number of aromatic hydroxyl groups is 1. The van der Waals surface area contributed by atoms with Gasteiger partial charge in [0.2, 0.25) is 0 Å². The highest BCUT2D eigenvalue weighted by molar-refractivity contribution is 8.18. The normalized spacial score (nSPS) is 16.8. The van der Waals surface area contributed by atoms with E-state index in [9.17, 15) is 14.7 Å². The Kier molecular flexibility index (Phi) is 6.00. The molecule has 1 fully saturated rings. The molecule has 0 spiro atoms. The zero-order valence-electron chi connectivity index (χ0n) is 15.0. The Labute approximate surface area is 166 Å². The van der Waals surface area contributed by atoms with Crippen molar-refractivity contribution >= 4 is 40.6 Å². The van der Waals surface area contributed by atoms with E-state index in [-0.39, 0.29) is 11.7 Å². The molecule has 144 valence electrons. The van der Waals surface area contributed by atoms with Gasteiger partial charge in [-0.3, -0.25) is 9.69 Å². The first-order valence-electron chi connectivity index (χ1n) is 8.50. The van der Waals surface area contributed by atoms with Gasteiger partial charge in [-0.15, -0.1) is 0 Å². The van der Waals surface area contributed by atoms with Crippen molar-refractivity contribution < 1.29 is 24.5 Å². The smallest absolute Gasteiger partial charge is 0.341 e. The number of carboxylic acids is 1. The topological polar surface area (TPSA) is 99.4 Å². The Morgan fingerprint density at radius 3 is 2.75 bits per heavy atom. The lowest BCUT2D eigenvalue weighted by atomic mass is 10.2. The van der Waals surface area contributed by atoms with E-state index >= 15 is 0 Å². The predicted molar refractivity (Wildman–Crippen MR) is 108 cm³/mol. The number of amides is 1. The van der Waals surface area contributed by atoms with Crippen LogP contribution in [0, 0.1) is 0 Å². The molecule has 1 heterocycles. The van der Waals surface area contributed by atoms with Crippen LogP contribution in [0.15, 0.2) is 58.4 Å². The summed E-state index contributed by atoms with van der Waals surface area (Å²) in [6.07, 6.45) is 1.72. The molecule has 1 aliphatic rings. The zero-order chi connectivity index (χ0) is 20.1. The molecular weight excluding hydrogens is 380 g/mol. The lowest BCUT2D eigenvalue weighted by molar-refractivity contribution is -0.139. The van der Waals surface area contributed by atoms with Gasteiger partial charge in [-0.05, 0) is 54.6 Å². The molecule has 3 rings (SSSR count). The number of carbonyl (C=O) groups excluding carboxylic acids is 1. The fourth-order valence-corrected chi connectivity index (χ4v) is 3.60. The molecule has 7 nitrogen and oxygen atoms in total. The van der Waals surface area contributed by atoms with Gasteiger partial charge in [0, 0.05) is 12.6 Å². The number of carboxylic acid groups (broad SMARTS) is 1. The molecular formula is C20H18N2O5S. The van der Waals surface area contributed by atoms with E-state index < -0.39 is 12.6 Å². The third-order valence-corrected chi connectivity index (χ3v) is 4.78. The average molecular weight is 398 g/mol. The second-order valence-corrected chi connectivity index (χ2v) is 6.84. The van der Waals surface area contributed by atoms with Crippen LogP contribution in [0.5, 0.6) is 11.5 Å². The third-order valence-electron chi connectivity index (χ3n) is 3.78. The molecule has 0 radical (unpaired) electrons. The van der Waals surface area contributed by atoms with E-state index in [1.54, 1.807) is 53.4 Å². The first-order chi connectivity index (χ1) is 13.5. The van der Waals surface area contributed by atoms with E-state index in [0.717, 1.165) is 0 Å². The molecule has 1 saturated heterocycles. The number of thioether (sulfide) groups is 1. The maximum atomic E-state index is 12.7. The van der Waals surface area contributed by atoms with Crippen molar-refractivity contribution in [2.75, 3.05) is 13.2 Å². The maximum Gasteiger partial charge on any atom is 0.341 e. The third kappa shape index (κ3) is 4.72. The zero-order valence-corrected chi connectivity index (χ0v) is 15.8. The van der Waals surface area contributed by atoms with E-state index in [1.807, 2.05) is 6.92 Å². The van der Waals surface area contributed by atoms with Crippen LogP contribution in [-0.2, 0) is 9.59 Å². The summed E-state index contributed by atoms with van der Waals surface area (Å²) in [6.45, 7) is 1.89. The monoisotopic (exact) mass is 398 g/mol. The highest BCUT2D eigenvalue weighted by Gasteiger charge is 2.32. The minimum absolute atomic E-state index is 0.105. The number of carbonyl (C=O) groups is 2. The molecule has 2 N–H and O–H groups in total. The van der Waals surface area contributed by atoms with Crippen LogP contribution in [0.3, 0.4) is 0 Å². The largest absolute Gasteiger partial charge is 0.508 e. The van der Waals surface area contributed by atoms with E-state index in [0.29, 0.717) is 33.6 Å². The lowest BCUT2D eigenvalue weighted by Gasteiger charge is -2.12. The van der Waals surface area contributed by atoms with Crippen LogP contribution < -0.4 is 4.74 Å². The van der Waals surface area contributed by atoms with Gasteiger partial charge in [-0.1, -0.05) is 18.2 Å². The van der Waals surface area contributed by atoms with Crippen molar-refractivity contribution in [3.63, 3.8) is 0 Å². The quantitative estimate of drug-likeness (QED) is 0.723. The number of ether oxygens (including phenoxy) is 1. The number of amidine groups is 1. The van der Waals surface area contributed by atoms with Crippen molar-refractivity contribution in [2.24, 2.45) is 4.99 Å². The van der Waals surface area contributed by atoms with Crippen molar-refractivity contribution in [3.05, 3.63) is 59.0 Å². The van der Waals surface area contributed by atoms with E-state index in [2.05, 4.69) is 4.99 Å². The lowest BCUT2D eigenvalue weighted by Crippen LogP contribution is -2.28. The molecule has 2 aromatic carbocycles. The first kappa shape index (κ1) is 19.5. The molecule has 2 aromatic rings. The second kappa shape index (κ2) is 8.62. The molecule has 0 aromatic heterocycles. The maximum absolute atomic E-state index is 12.7. The summed E-state index contributed by atoms with van der Waals surface area (Å²) in [4.78, 5) is 29.9. The predicted octanol–water partition coefficient (Wildman–Crippen LogP) is 3.48. The number of aliphatic carboxylic acids is 1. The minimum Gasteiger partial charge on any atom is -0.508 e. The number of nitrogens with zero attached hydrogens (tertiary/aromatic N) is 2. The summed E-state index contributed by atoms with van der Waals surface area (Å²) in [7, 11) is 0. The Morgan fingerprint density at radius 2 is 2.04 bits per heavy atom. The number of aliphatic imine (C=N–C) groups is 1. The summed E-state index contributed by atoms with van der Waals surface area (Å²) in [5, 5.41) is 18.8. The standard InChI is InChI=1S/C20H18N2O5S/c1-2-22-19(26)17(28-20(22)21-14-6-4-7-15(23)11-14)10-13-5-3-8-16(9-13)27-12-18(24)25/h3-11,23H,2,12H2,1H3,(H,24,25)/b17-10-,21-20?. The van der Waals surface area contributed by atoms with Crippen LogP contribution in [0.4, 0.5) is 5.69 Å². The summed E-state index contributed by atoms with van der Waals surface area (Å²) in [6, 6.07) is 13.4. The molecule has 1 amide bonds. The van der Waals surface area contributed by atoms with Crippen molar-refractivity contribution in [2.45, 2.75) is 6.92 Å². The molecule has 0 unspecified atom stereocenters. The number of benzene rings is 2. The van der Waals surface area contributed by atoms with Gasteiger partial charge in [0.1, 0.15) is 11.5 Å². The Balaban J connectivity index is 1.86. The van der Waals surface area contributed by atoms with Gasteiger partial charge < -0.3 is 14.9 Å². The van der Waals surface area contributed by atoms with Gasteiger partial charge in [0.05, 0.1) is 10.6 Å². The van der Waals surface area contributed by atoms with Gasteiger partial charge >= 0.3 is 5.97 Å². The fraction of sp³-hybridized carbons (Fsp3) is 0.150. The number of rotatable bonds is 6. The molecule has 0 bridgehead atoms. The van der Waals surface area contributed by atoms with Gasteiger partial charge in [-0.2, -0.15) is 0 Å².